The molecule has 0 saturated carbocycles. The van der Waals surface area contributed by atoms with Crippen molar-refractivity contribution in [2.75, 3.05) is 39.8 Å². The fraction of sp³-hybridized carbons (Fsp3) is 0.600. The summed E-state index contributed by atoms with van der Waals surface area (Å²) >= 11 is 0. The lowest BCUT2D eigenvalue weighted by Gasteiger charge is -2.38. The lowest BCUT2D eigenvalue weighted by molar-refractivity contribution is -0.142. The molecule has 202 valence electrons. The van der Waals surface area contributed by atoms with Crippen LogP contribution in [0, 0.1) is 5.41 Å². The van der Waals surface area contributed by atoms with E-state index in [4.69, 9.17) is 14.3 Å². The first kappa shape index (κ1) is 30.7. The monoisotopic (exact) mass is 509 g/mol. The maximum Gasteiger partial charge on any atom is 0.413 e. The van der Waals surface area contributed by atoms with Crippen LogP contribution in [0.1, 0.15) is 41.0 Å². The van der Waals surface area contributed by atoms with E-state index >= 15 is 0 Å². The topological polar surface area (TPSA) is 135 Å². The van der Waals surface area contributed by atoms with Crippen LogP contribution in [0.2, 0.25) is 0 Å². The Morgan fingerprint density at radius 3 is 2.08 bits per heavy atom. The zero-order valence-electron chi connectivity index (χ0n) is 22.0. The van der Waals surface area contributed by atoms with Crippen LogP contribution < -0.4 is 10.1 Å². The second-order valence-corrected chi connectivity index (χ2v) is 10.00. The number of piperazine rings is 1. The summed E-state index contributed by atoms with van der Waals surface area (Å²) in [5, 5.41) is 12.2. The van der Waals surface area contributed by atoms with Gasteiger partial charge in [-0.1, -0.05) is 32.0 Å². The molecule has 2 amide bonds. The Labute approximate surface area is 212 Å². The molecule has 11 nitrogen and oxygen atoms in total. The number of hydrogen-bond donors (Lipinski definition) is 2. The molecule has 1 aliphatic rings. The summed E-state index contributed by atoms with van der Waals surface area (Å²) in [5.74, 6) is -0.774. The van der Waals surface area contributed by atoms with Crippen LogP contribution in [-0.2, 0) is 19.1 Å². The van der Waals surface area contributed by atoms with E-state index in [0.29, 0.717) is 51.4 Å². The molecule has 1 aliphatic heterocycles. The van der Waals surface area contributed by atoms with Gasteiger partial charge in [-0.05, 0) is 51.3 Å². The number of carboxylic acid groups (broad SMARTS) is 1. The van der Waals surface area contributed by atoms with E-state index in [1.807, 2.05) is 34.6 Å². The van der Waals surface area contributed by atoms with Crippen LogP contribution in [0.15, 0.2) is 30.3 Å². The van der Waals surface area contributed by atoms with Crippen LogP contribution >= 0.6 is 0 Å². The molecule has 11 heteroatoms. The van der Waals surface area contributed by atoms with E-state index < -0.39 is 29.1 Å². The van der Waals surface area contributed by atoms with E-state index in [1.54, 1.807) is 35.2 Å². The summed E-state index contributed by atoms with van der Waals surface area (Å²) in [5.41, 5.74) is -1.25. The fourth-order valence-corrected chi connectivity index (χ4v) is 3.41. The number of nitrogens with one attached hydrogen (secondary N) is 1. The first-order valence-electron chi connectivity index (χ1n) is 11.7. The molecule has 1 atom stereocenters. The largest absolute Gasteiger partial charge is 0.480 e. The van der Waals surface area contributed by atoms with Gasteiger partial charge in [0.2, 0.25) is 0 Å². The number of carbonyl (C=O) groups is 4. The third kappa shape index (κ3) is 11.4. The Bertz CT molecular complexity index is 847. The molecule has 1 aromatic carbocycles. The smallest absolute Gasteiger partial charge is 0.413 e. The second kappa shape index (κ2) is 14.3. The molecule has 0 bridgehead atoms. The summed E-state index contributed by atoms with van der Waals surface area (Å²) in [7, 11) is 1.31. The van der Waals surface area contributed by atoms with E-state index in [-0.39, 0.29) is 6.09 Å². The van der Waals surface area contributed by atoms with E-state index in [2.05, 4.69) is 15.0 Å². The van der Waals surface area contributed by atoms with Gasteiger partial charge in [-0.2, -0.15) is 0 Å². The van der Waals surface area contributed by atoms with Crippen molar-refractivity contribution in [1.29, 1.82) is 0 Å². The molecule has 2 N–H and O–H groups in total. The minimum Gasteiger partial charge on any atom is -0.480 e. The zero-order chi connectivity index (χ0) is 27.4. The third-order valence-corrected chi connectivity index (χ3v) is 5.44. The Morgan fingerprint density at radius 2 is 1.61 bits per heavy atom. The molecular weight excluding hydrogens is 470 g/mol. The predicted molar refractivity (Wildman–Crippen MR) is 133 cm³/mol. The highest BCUT2D eigenvalue weighted by Crippen LogP contribution is 2.27. The molecule has 0 spiro atoms. The maximum absolute atomic E-state index is 12.2. The molecule has 1 aromatic rings. The fourth-order valence-electron chi connectivity index (χ4n) is 3.41. The summed E-state index contributed by atoms with van der Waals surface area (Å²) in [6.45, 7) is 12.6. The minimum atomic E-state index is -1.12. The van der Waals surface area contributed by atoms with Gasteiger partial charge >= 0.3 is 18.2 Å². The number of ether oxygens (including phenoxy) is 3. The number of para-hydroxylation sites is 1. The van der Waals surface area contributed by atoms with Gasteiger partial charge < -0.3 is 29.5 Å². The number of hydrogen-bond acceptors (Lipinski definition) is 8. The summed E-state index contributed by atoms with van der Waals surface area (Å²) in [6, 6.07) is 7.38. The second-order valence-electron chi connectivity index (χ2n) is 10.00. The van der Waals surface area contributed by atoms with Crippen molar-refractivity contribution in [2.45, 2.75) is 52.7 Å². The van der Waals surface area contributed by atoms with Crippen LogP contribution in [0.4, 0.5) is 9.59 Å². The number of carbonyl (C=O) groups excluding carboxylic acids is 3. The number of carboxylic acids is 1. The van der Waals surface area contributed by atoms with Crippen molar-refractivity contribution in [1.82, 2.24) is 15.1 Å². The van der Waals surface area contributed by atoms with Gasteiger partial charge in [0, 0.05) is 26.2 Å². The number of methoxy groups -OCH3 is 1. The number of aliphatic carboxylic acids is 1. The molecule has 0 aromatic heterocycles. The lowest BCUT2D eigenvalue weighted by Crippen LogP contribution is -2.53. The van der Waals surface area contributed by atoms with Crippen molar-refractivity contribution in [3.63, 3.8) is 0 Å². The SMILES string of the molecule is CC(C)(C)OC(=O)N1CCN(CCC(C)(C)C(NC(=O)Oc2ccccc2)C(=O)O)CC1.COC=O. The highest BCUT2D eigenvalue weighted by molar-refractivity contribution is 5.81. The number of benzene rings is 1. The van der Waals surface area contributed by atoms with Gasteiger partial charge in [-0.3, -0.25) is 9.69 Å². The van der Waals surface area contributed by atoms with Crippen LogP contribution in [-0.4, -0.2) is 91.0 Å². The normalized spacial score (nSPS) is 15.0. The van der Waals surface area contributed by atoms with Crippen molar-refractivity contribution in [2.24, 2.45) is 5.41 Å². The van der Waals surface area contributed by atoms with Gasteiger partial charge in [-0.15, -0.1) is 0 Å². The standard InChI is InChI=1S/C23H35N3O6.C2H4O2/c1-22(2,3)32-21(30)26-15-13-25(14-16-26)12-11-23(4,5)18(19(27)28)24-20(29)31-17-9-7-6-8-10-17;1-4-2-3/h6-10,18H,11-16H2,1-5H3,(H,24,29)(H,27,28);2H,1H3. The van der Waals surface area contributed by atoms with Crippen molar-refractivity contribution < 1.29 is 38.5 Å². The first-order valence-corrected chi connectivity index (χ1v) is 11.7. The van der Waals surface area contributed by atoms with Crippen molar-refractivity contribution in [3.8, 4) is 5.75 Å². The highest BCUT2D eigenvalue weighted by atomic mass is 16.6. The molecule has 1 saturated heterocycles. The predicted octanol–water partition coefficient (Wildman–Crippen LogP) is 2.99. The highest BCUT2D eigenvalue weighted by Gasteiger charge is 2.37. The minimum absolute atomic E-state index is 0.315. The lowest BCUT2D eigenvalue weighted by atomic mass is 9.81. The van der Waals surface area contributed by atoms with Gasteiger partial charge in [0.05, 0.1) is 7.11 Å². The molecule has 36 heavy (non-hydrogen) atoms. The average Bonchev–Trinajstić information content (AvgIpc) is 2.81. The Kier molecular flexibility index (Phi) is 12.2. The summed E-state index contributed by atoms with van der Waals surface area (Å²) < 4.78 is 14.5. The maximum atomic E-state index is 12.2. The summed E-state index contributed by atoms with van der Waals surface area (Å²) in [6.07, 6.45) is -0.575. The molecule has 0 aliphatic carbocycles. The molecule has 2 rings (SSSR count). The van der Waals surface area contributed by atoms with Gasteiger partial charge in [0.25, 0.3) is 6.47 Å². The molecular formula is C25H39N3O8. The molecule has 1 unspecified atom stereocenters. The third-order valence-electron chi connectivity index (χ3n) is 5.44. The quantitative estimate of drug-likeness (QED) is 0.507. The number of nitrogens with zero attached hydrogens (tertiary/aromatic N) is 2. The van der Waals surface area contributed by atoms with Crippen molar-refractivity contribution >= 4 is 24.6 Å². The average molecular weight is 510 g/mol. The first-order chi connectivity index (χ1) is 16.8. The Hall–Kier alpha value is -3.34. The number of rotatable bonds is 8. The molecule has 1 heterocycles. The number of amides is 2. The van der Waals surface area contributed by atoms with Crippen molar-refractivity contribution in [3.05, 3.63) is 30.3 Å². The van der Waals surface area contributed by atoms with Crippen LogP contribution in [0.3, 0.4) is 0 Å². The zero-order valence-corrected chi connectivity index (χ0v) is 22.0. The van der Waals surface area contributed by atoms with E-state index in [9.17, 15) is 19.5 Å². The Morgan fingerprint density at radius 1 is 1.06 bits per heavy atom. The van der Waals surface area contributed by atoms with Gasteiger partial charge in [0.1, 0.15) is 17.4 Å². The molecule has 0 radical (unpaired) electrons. The van der Waals surface area contributed by atoms with E-state index in [0.717, 1.165) is 0 Å². The van der Waals surface area contributed by atoms with Crippen LogP contribution in [0.25, 0.3) is 0 Å². The Balaban J connectivity index is 0.00000150. The van der Waals surface area contributed by atoms with Gasteiger partial charge in [0.15, 0.2) is 0 Å². The van der Waals surface area contributed by atoms with E-state index in [1.165, 1.54) is 7.11 Å². The van der Waals surface area contributed by atoms with Crippen LogP contribution in [0.5, 0.6) is 5.75 Å². The van der Waals surface area contributed by atoms with Gasteiger partial charge in [-0.25, -0.2) is 14.4 Å². The molecule has 1 fully saturated rings. The summed E-state index contributed by atoms with van der Waals surface area (Å²) in [4.78, 5) is 49.1.